The summed E-state index contributed by atoms with van der Waals surface area (Å²) >= 11 is 0. The Hall–Kier alpha value is -2.56. The Morgan fingerprint density at radius 3 is 2.67 bits per heavy atom. The minimum atomic E-state index is -0.299. The van der Waals surface area contributed by atoms with Crippen LogP contribution in [0.3, 0.4) is 0 Å². The van der Waals surface area contributed by atoms with Gasteiger partial charge in [-0.05, 0) is 24.1 Å². The topological polar surface area (TPSA) is 71.2 Å². The first kappa shape index (κ1) is 14.8. The number of ether oxygens (including phenoxy) is 1. The first-order valence-corrected chi connectivity index (χ1v) is 6.78. The monoisotopic (exact) mass is 286 g/mol. The van der Waals surface area contributed by atoms with Gasteiger partial charge in [0.05, 0.1) is 17.9 Å². The molecule has 0 saturated carbocycles. The summed E-state index contributed by atoms with van der Waals surface area (Å²) in [6.07, 6.45) is 1.38. The van der Waals surface area contributed by atoms with Gasteiger partial charge in [0, 0.05) is 12.3 Å². The van der Waals surface area contributed by atoms with E-state index in [4.69, 9.17) is 4.74 Å². The lowest BCUT2D eigenvalue weighted by Crippen LogP contribution is -2.15. The molecular formula is C16H18N2O3. The molecule has 1 aromatic heterocycles. The molecule has 2 aromatic rings. The smallest absolute Gasteiger partial charge is 0.257 e. The number of aromatic nitrogens is 1. The molecular weight excluding hydrogens is 268 g/mol. The van der Waals surface area contributed by atoms with Gasteiger partial charge >= 0.3 is 0 Å². The molecule has 5 heteroatoms. The standard InChI is InChI=1S/C16H18N2O3/c1-11(2)10-21-14-6-4-3-5-13(14)18-16(20)12-7-8-15(19)17-9-12/h3-9,11H,10H2,1-2H3,(H,17,19)(H,18,20). The van der Waals surface area contributed by atoms with Gasteiger partial charge in [-0.1, -0.05) is 26.0 Å². The number of aromatic amines is 1. The summed E-state index contributed by atoms with van der Waals surface area (Å²) in [6, 6.07) is 10.1. The third-order valence-corrected chi connectivity index (χ3v) is 2.75. The van der Waals surface area contributed by atoms with E-state index in [0.29, 0.717) is 29.5 Å². The van der Waals surface area contributed by atoms with Crippen LogP contribution in [-0.2, 0) is 0 Å². The van der Waals surface area contributed by atoms with Crippen LogP contribution in [0.5, 0.6) is 5.75 Å². The molecule has 0 spiro atoms. The van der Waals surface area contributed by atoms with Crippen LogP contribution in [0.15, 0.2) is 47.4 Å². The minimum absolute atomic E-state index is 0.243. The summed E-state index contributed by atoms with van der Waals surface area (Å²) in [5.41, 5.74) is 0.745. The minimum Gasteiger partial charge on any atom is -0.491 e. The average Bonchev–Trinajstić information content (AvgIpc) is 2.47. The molecule has 0 unspecified atom stereocenters. The molecule has 0 saturated heterocycles. The van der Waals surface area contributed by atoms with Gasteiger partial charge in [-0.3, -0.25) is 9.59 Å². The first-order valence-electron chi connectivity index (χ1n) is 6.78. The number of para-hydroxylation sites is 2. The summed E-state index contributed by atoms with van der Waals surface area (Å²) in [5, 5.41) is 2.78. The lowest BCUT2D eigenvalue weighted by Gasteiger charge is -2.13. The van der Waals surface area contributed by atoms with E-state index >= 15 is 0 Å². The van der Waals surface area contributed by atoms with Gasteiger partial charge in [-0.2, -0.15) is 0 Å². The van der Waals surface area contributed by atoms with Crippen LogP contribution < -0.4 is 15.6 Å². The van der Waals surface area contributed by atoms with Crippen LogP contribution in [-0.4, -0.2) is 17.5 Å². The average molecular weight is 286 g/mol. The van der Waals surface area contributed by atoms with E-state index in [9.17, 15) is 9.59 Å². The van der Waals surface area contributed by atoms with Crippen molar-refractivity contribution in [1.82, 2.24) is 4.98 Å². The van der Waals surface area contributed by atoms with Crippen molar-refractivity contribution in [2.24, 2.45) is 5.92 Å². The Morgan fingerprint density at radius 1 is 1.24 bits per heavy atom. The van der Waals surface area contributed by atoms with E-state index in [0.717, 1.165) is 0 Å². The Bertz CT molecular complexity index is 657. The third kappa shape index (κ3) is 4.21. The number of pyridine rings is 1. The summed E-state index contributed by atoms with van der Waals surface area (Å²) in [5.74, 6) is 0.726. The second-order valence-corrected chi connectivity index (χ2v) is 5.10. The number of H-pyrrole nitrogens is 1. The number of hydrogen-bond acceptors (Lipinski definition) is 3. The second kappa shape index (κ2) is 6.74. The number of rotatable bonds is 5. The van der Waals surface area contributed by atoms with Gasteiger partial charge in [0.25, 0.3) is 5.91 Å². The Balaban J connectivity index is 2.13. The lowest BCUT2D eigenvalue weighted by atomic mass is 10.2. The molecule has 0 aliphatic rings. The third-order valence-electron chi connectivity index (χ3n) is 2.75. The van der Waals surface area contributed by atoms with E-state index in [1.165, 1.54) is 18.3 Å². The summed E-state index contributed by atoms with van der Waals surface area (Å²) < 4.78 is 5.68. The predicted octanol–water partition coefficient (Wildman–Crippen LogP) is 2.66. The highest BCUT2D eigenvalue weighted by Crippen LogP contribution is 2.24. The van der Waals surface area contributed by atoms with E-state index in [1.807, 2.05) is 18.2 Å². The molecule has 0 atom stereocenters. The number of carbonyl (C=O) groups excluding carboxylic acids is 1. The van der Waals surface area contributed by atoms with Gasteiger partial charge in [0.1, 0.15) is 5.75 Å². The van der Waals surface area contributed by atoms with Crippen molar-refractivity contribution in [2.75, 3.05) is 11.9 Å². The summed E-state index contributed by atoms with van der Waals surface area (Å²) in [4.78, 5) is 25.6. The molecule has 2 rings (SSSR count). The molecule has 110 valence electrons. The lowest BCUT2D eigenvalue weighted by molar-refractivity contribution is 0.102. The molecule has 1 heterocycles. The van der Waals surface area contributed by atoms with E-state index < -0.39 is 0 Å². The van der Waals surface area contributed by atoms with Gasteiger partial charge in [0.2, 0.25) is 5.56 Å². The maximum atomic E-state index is 12.1. The molecule has 1 amide bonds. The number of carbonyl (C=O) groups is 1. The molecule has 0 fully saturated rings. The maximum absolute atomic E-state index is 12.1. The van der Waals surface area contributed by atoms with Crippen molar-refractivity contribution in [3.8, 4) is 5.75 Å². The predicted molar refractivity (Wildman–Crippen MR) is 81.8 cm³/mol. The zero-order valence-corrected chi connectivity index (χ0v) is 12.1. The molecule has 0 radical (unpaired) electrons. The molecule has 0 bridgehead atoms. The maximum Gasteiger partial charge on any atom is 0.257 e. The Morgan fingerprint density at radius 2 is 2.00 bits per heavy atom. The number of nitrogens with one attached hydrogen (secondary N) is 2. The molecule has 0 aliphatic carbocycles. The van der Waals surface area contributed by atoms with Crippen LogP contribution in [0.25, 0.3) is 0 Å². The quantitative estimate of drug-likeness (QED) is 0.887. The number of anilines is 1. The highest BCUT2D eigenvalue weighted by atomic mass is 16.5. The highest BCUT2D eigenvalue weighted by Gasteiger charge is 2.10. The molecule has 2 N–H and O–H groups in total. The van der Waals surface area contributed by atoms with Crippen molar-refractivity contribution in [3.63, 3.8) is 0 Å². The van der Waals surface area contributed by atoms with Crippen molar-refractivity contribution >= 4 is 11.6 Å². The normalized spacial score (nSPS) is 10.4. The largest absolute Gasteiger partial charge is 0.491 e. The SMILES string of the molecule is CC(C)COc1ccccc1NC(=O)c1ccc(=O)[nH]c1. The van der Waals surface area contributed by atoms with Gasteiger partial charge in [0.15, 0.2) is 0 Å². The van der Waals surface area contributed by atoms with E-state index in [2.05, 4.69) is 24.1 Å². The van der Waals surface area contributed by atoms with Crippen molar-refractivity contribution in [2.45, 2.75) is 13.8 Å². The molecule has 21 heavy (non-hydrogen) atoms. The fourth-order valence-electron chi connectivity index (χ4n) is 1.70. The van der Waals surface area contributed by atoms with Crippen LogP contribution in [0, 0.1) is 5.92 Å². The van der Waals surface area contributed by atoms with Crippen molar-refractivity contribution < 1.29 is 9.53 Å². The molecule has 5 nitrogen and oxygen atoms in total. The highest BCUT2D eigenvalue weighted by molar-refractivity contribution is 6.04. The van der Waals surface area contributed by atoms with E-state index in [1.54, 1.807) is 6.07 Å². The first-order chi connectivity index (χ1) is 10.1. The van der Waals surface area contributed by atoms with Crippen molar-refractivity contribution in [1.29, 1.82) is 0 Å². The van der Waals surface area contributed by atoms with Gasteiger partial charge < -0.3 is 15.0 Å². The van der Waals surface area contributed by atoms with Crippen molar-refractivity contribution in [3.05, 3.63) is 58.5 Å². The van der Waals surface area contributed by atoms with Crippen LogP contribution in [0.2, 0.25) is 0 Å². The molecule has 0 aliphatic heterocycles. The Kier molecular flexibility index (Phi) is 4.77. The second-order valence-electron chi connectivity index (χ2n) is 5.10. The summed E-state index contributed by atoms with van der Waals surface area (Å²) in [6.45, 7) is 4.69. The fraction of sp³-hybridized carbons (Fsp3) is 0.250. The molecule has 1 aromatic carbocycles. The van der Waals surface area contributed by atoms with Crippen LogP contribution >= 0.6 is 0 Å². The number of amides is 1. The van der Waals surface area contributed by atoms with E-state index in [-0.39, 0.29) is 11.5 Å². The zero-order valence-electron chi connectivity index (χ0n) is 12.1. The number of benzene rings is 1. The summed E-state index contributed by atoms with van der Waals surface area (Å²) in [7, 11) is 0. The number of hydrogen-bond donors (Lipinski definition) is 2. The fourth-order valence-corrected chi connectivity index (χ4v) is 1.70. The van der Waals surface area contributed by atoms with Gasteiger partial charge in [-0.25, -0.2) is 0 Å². The van der Waals surface area contributed by atoms with Crippen LogP contribution in [0.4, 0.5) is 5.69 Å². The zero-order chi connectivity index (χ0) is 15.2. The Labute approximate surface area is 123 Å². The van der Waals surface area contributed by atoms with Crippen LogP contribution in [0.1, 0.15) is 24.2 Å². The van der Waals surface area contributed by atoms with Gasteiger partial charge in [-0.15, -0.1) is 0 Å².